The summed E-state index contributed by atoms with van der Waals surface area (Å²) in [6.45, 7) is 6.91. The molecule has 0 spiro atoms. The van der Waals surface area contributed by atoms with E-state index in [-0.39, 0.29) is 0 Å². The van der Waals surface area contributed by atoms with Crippen LogP contribution in [0.25, 0.3) is 0 Å². The molecular weight excluding hydrogens is 302 g/mol. The molecule has 1 aromatic carbocycles. The van der Waals surface area contributed by atoms with Crippen LogP contribution in [0.2, 0.25) is 5.02 Å². The minimum atomic E-state index is 0.670. The van der Waals surface area contributed by atoms with Crippen LogP contribution in [-0.4, -0.2) is 19.7 Å². The number of hydrogen-bond donors (Lipinski definition) is 1. The molecule has 0 fully saturated rings. The highest BCUT2D eigenvalue weighted by Gasteiger charge is 2.06. The molecule has 0 saturated heterocycles. The van der Waals surface area contributed by atoms with Crippen LogP contribution in [0.1, 0.15) is 25.3 Å². The number of nitrogens with one attached hydrogen (secondary N) is 1. The van der Waals surface area contributed by atoms with Gasteiger partial charge in [-0.1, -0.05) is 34.5 Å². The lowest BCUT2D eigenvalue weighted by Crippen LogP contribution is -2.14. The van der Waals surface area contributed by atoms with E-state index in [9.17, 15) is 0 Å². The number of hydrogen-bond acceptors (Lipinski definition) is 2. The molecule has 0 heterocycles. The third kappa shape index (κ3) is 5.28. The molecular formula is C13H19BrClNO. The molecule has 0 aliphatic rings. The Morgan fingerprint density at radius 3 is 2.76 bits per heavy atom. The van der Waals surface area contributed by atoms with E-state index in [1.807, 2.05) is 19.1 Å². The van der Waals surface area contributed by atoms with Crippen molar-refractivity contribution < 1.29 is 4.74 Å². The monoisotopic (exact) mass is 319 g/mol. The molecule has 0 aliphatic carbocycles. The molecule has 0 atom stereocenters. The van der Waals surface area contributed by atoms with Gasteiger partial charge in [0.15, 0.2) is 0 Å². The van der Waals surface area contributed by atoms with Gasteiger partial charge in [0.2, 0.25) is 0 Å². The summed E-state index contributed by atoms with van der Waals surface area (Å²) in [5, 5.41) is 3.96. The molecule has 0 bridgehead atoms. The molecule has 0 saturated carbocycles. The standard InChI is InChI=1S/C13H19BrClNO/c1-3-16-6-4-5-7-17-13-10(2)8-11(14)9-12(13)15/h8-9,16H,3-7H2,1-2H3. The Balaban J connectivity index is 2.36. The van der Waals surface area contributed by atoms with Crippen molar-refractivity contribution >= 4 is 27.5 Å². The van der Waals surface area contributed by atoms with Gasteiger partial charge in [-0.2, -0.15) is 0 Å². The van der Waals surface area contributed by atoms with Crippen molar-refractivity contribution in [2.24, 2.45) is 0 Å². The van der Waals surface area contributed by atoms with Gasteiger partial charge in [-0.3, -0.25) is 0 Å². The highest BCUT2D eigenvalue weighted by Crippen LogP contribution is 2.32. The van der Waals surface area contributed by atoms with Crippen LogP contribution in [0.5, 0.6) is 5.75 Å². The van der Waals surface area contributed by atoms with Gasteiger partial charge in [0.05, 0.1) is 11.6 Å². The van der Waals surface area contributed by atoms with E-state index in [1.54, 1.807) is 0 Å². The van der Waals surface area contributed by atoms with Crippen molar-refractivity contribution in [3.05, 3.63) is 27.2 Å². The Morgan fingerprint density at radius 1 is 1.35 bits per heavy atom. The van der Waals surface area contributed by atoms with Crippen LogP contribution in [0.15, 0.2) is 16.6 Å². The van der Waals surface area contributed by atoms with E-state index < -0.39 is 0 Å². The first-order valence-electron chi connectivity index (χ1n) is 5.94. The lowest BCUT2D eigenvalue weighted by atomic mass is 10.2. The second kappa shape index (κ2) is 7.96. The maximum Gasteiger partial charge on any atom is 0.140 e. The van der Waals surface area contributed by atoms with Gasteiger partial charge < -0.3 is 10.1 Å². The number of rotatable bonds is 7. The molecule has 1 N–H and O–H groups in total. The van der Waals surface area contributed by atoms with E-state index in [0.717, 1.165) is 41.7 Å². The van der Waals surface area contributed by atoms with Crippen molar-refractivity contribution in [3.63, 3.8) is 0 Å². The fourth-order valence-electron chi connectivity index (χ4n) is 1.57. The highest BCUT2D eigenvalue weighted by molar-refractivity contribution is 9.10. The van der Waals surface area contributed by atoms with E-state index in [1.165, 1.54) is 0 Å². The molecule has 0 aromatic heterocycles. The molecule has 0 unspecified atom stereocenters. The van der Waals surface area contributed by atoms with Crippen molar-refractivity contribution in [1.82, 2.24) is 5.32 Å². The third-order valence-electron chi connectivity index (χ3n) is 2.44. The number of unbranched alkanes of at least 4 members (excludes halogenated alkanes) is 1. The minimum absolute atomic E-state index is 0.670. The van der Waals surface area contributed by atoms with E-state index in [2.05, 4.69) is 28.2 Å². The Bertz CT molecular complexity index is 334. The molecule has 1 aromatic rings. The smallest absolute Gasteiger partial charge is 0.140 e. The summed E-state index contributed by atoms with van der Waals surface area (Å²) in [4.78, 5) is 0. The Hall–Kier alpha value is -0.250. The second-order valence-corrected chi connectivity index (χ2v) is 5.27. The average Bonchev–Trinajstić information content (AvgIpc) is 2.26. The summed E-state index contributed by atoms with van der Waals surface area (Å²) in [5.74, 6) is 0.804. The first kappa shape index (κ1) is 14.8. The molecule has 2 nitrogen and oxygen atoms in total. The molecule has 1 rings (SSSR count). The van der Waals surface area contributed by atoms with Gasteiger partial charge in [-0.05, 0) is 50.6 Å². The number of ether oxygens (including phenoxy) is 1. The summed E-state index contributed by atoms with van der Waals surface area (Å²) in [6, 6.07) is 3.88. The normalized spacial score (nSPS) is 10.6. The zero-order valence-electron chi connectivity index (χ0n) is 10.4. The maximum absolute atomic E-state index is 6.13. The predicted molar refractivity (Wildman–Crippen MR) is 77.2 cm³/mol. The van der Waals surface area contributed by atoms with E-state index in [0.29, 0.717) is 11.6 Å². The largest absolute Gasteiger partial charge is 0.492 e. The molecule has 0 aliphatic heterocycles. The van der Waals surface area contributed by atoms with Crippen molar-refractivity contribution in [2.45, 2.75) is 26.7 Å². The van der Waals surface area contributed by atoms with Crippen LogP contribution in [0.3, 0.4) is 0 Å². The number of benzene rings is 1. The lowest BCUT2D eigenvalue weighted by Gasteiger charge is -2.11. The van der Waals surface area contributed by atoms with Crippen LogP contribution >= 0.6 is 27.5 Å². The zero-order chi connectivity index (χ0) is 12.7. The van der Waals surface area contributed by atoms with Gasteiger partial charge in [0.25, 0.3) is 0 Å². The molecule has 96 valence electrons. The first-order chi connectivity index (χ1) is 8.15. The Labute approximate surface area is 117 Å². The van der Waals surface area contributed by atoms with Crippen LogP contribution < -0.4 is 10.1 Å². The molecule has 17 heavy (non-hydrogen) atoms. The Morgan fingerprint density at radius 2 is 2.12 bits per heavy atom. The zero-order valence-corrected chi connectivity index (χ0v) is 12.7. The summed E-state index contributed by atoms with van der Waals surface area (Å²) >= 11 is 9.54. The van der Waals surface area contributed by atoms with E-state index in [4.69, 9.17) is 16.3 Å². The third-order valence-corrected chi connectivity index (χ3v) is 3.18. The predicted octanol–water partition coefficient (Wildman–Crippen LogP) is 4.18. The average molecular weight is 321 g/mol. The van der Waals surface area contributed by atoms with Gasteiger partial charge in [-0.25, -0.2) is 0 Å². The second-order valence-electron chi connectivity index (χ2n) is 3.94. The Kier molecular flexibility index (Phi) is 6.93. The van der Waals surface area contributed by atoms with E-state index >= 15 is 0 Å². The summed E-state index contributed by atoms with van der Waals surface area (Å²) in [5.41, 5.74) is 1.07. The first-order valence-corrected chi connectivity index (χ1v) is 7.11. The fraction of sp³-hybridized carbons (Fsp3) is 0.538. The van der Waals surface area contributed by atoms with Gasteiger partial charge >= 0.3 is 0 Å². The number of halogens is 2. The number of aryl methyl sites for hydroxylation is 1. The van der Waals surface area contributed by atoms with Crippen LogP contribution in [0.4, 0.5) is 0 Å². The van der Waals surface area contributed by atoms with Gasteiger partial charge in [-0.15, -0.1) is 0 Å². The molecule has 0 radical (unpaired) electrons. The topological polar surface area (TPSA) is 21.3 Å². The fourth-order valence-corrected chi connectivity index (χ4v) is 2.60. The van der Waals surface area contributed by atoms with Crippen molar-refractivity contribution in [1.29, 1.82) is 0 Å². The lowest BCUT2D eigenvalue weighted by molar-refractivity contribution is 0.304. The minimum Gasteiger partial charge on any atom is -0.492 e. The van der Waals surface area contributed by atoms with Crippen molar-refractivity contribution in [3.8, 4) is 5.75 Å². The summed E-state index contributed by atoms with van der Waals surface area (Å²) in [6.07, 6.45) is 2.17. The maximum atomic E-state index is 6.13. The highest BCUT2D eigenvalue weighted by atomic mass is 79.9. The molecule has 4 heteroatoms. The van der Waals surface area contributed by atoms with Crippen LogP contribution in [0, 0.1) is 6.92 Å². The molecule has 0 amide bonds. The van der Waals surface area contributed by atoms with Crippen molar-refractivity contribution in [2.75, 3.05) is 19.7 Å². The SMILES string of the molecule is CCNCCCCOc1c(C)cc(Br)cc1Cl. The van der Waals surface area contributed by atoms with Gasteiger partial charge in [0, 0.05) is 4.47 Å². The quantitative estimate of drug-likeness (QED) is 0.761. The van der Waals surface area contributed by atoms with Crippen LogP contribution in [-0.2, 0) is 0 Å². The summed E-state index contributed by atoms with van der Waals surface area (Å²) in [7, 11) is 0. The van der Waals surface area contributed by atoms with Gasteiger partial charge in [0.1, 0.15) is 5.75 Å². The summed E-state index contributed by atoms with van der Waals surface area (Å²) < 4.78 is 6.71.